The van der Waals surface area contributed by atoms with Crippen LogP contribution in [-0.2, 0) is 11.3 Å². The number of carboxylic acids is 1. The molecule has 0 aromatic carbocycles. The second kappa shape index (κ2) is 6.78. The molecule has 1 aromatic heterocycles. The van der Waals surface area contributed by atoms with Crippen molar-refractivity contribution in [1.82, 2.24) is 15.5 Å². The van der Waals surface area contributed by atoms with Crippen molar-refractivity contribution in [2.24, 2.45) is 0 Å². The second-order valence-corrected chi connectivity index (χ2v) is 4.70. The summed E-state index contributed by atoms with van der Waals surface area (Å²) in [6.45, 7) is 1.49. The highest BCUT2D eigenvalue weighted by molar-refractivity contribution is 5.85. The number of hydrogen-bond acceptors (Lipinski definition) is 4. The van der Waals surface area contributed by atoms with Gasteiger partial charge in [-0.3, -0.25) is 4.79 Å². The van der Waals surface area contributed by atoms with Crippen LogP contribution in [0.2, 0.25) is 0 Å². The molecule has 2 heterocycles. The van der Waals surface area contributed by atoms with Crippen LogP contribution in [0.25, 0.3) is 0 Å². The Morgan fingerprint density at radius 3 is 2.52 bits per heavy atom. The highest BCUT2D eigenvalue weighted by Gasteiger charge is 2.18. The summed E-state index contributed by atoms with van der Waals surface area (Å²) in [7, 11) is 0. The number of carbonyl (C=O) groups is 3. The van der Waals surface area contributed by atoms with Gasteiger partial charge in [0.15, 0.2) is 0 Å². The van der Waals surface area contributed by atoms with E-state index in [1.165, 1.54) is 12.1 Å². The maximum absolute atomic E-state index is 11.7. The van der Waals surface area contributed by atoms with Gasteiger partial charge >= 0.3 is 12.0 Å². The fourth-order valence-corrected chi connectivity index (χ4v) is 2.05. The fraction of sp³-hybridized carbons (Fsp3) is 0.462. The fourth-order valence-electron chi connectivity index (χ4n) is 2.05. The third-order valence-corrected chi connectivity index (χ3v) is 3.15. The molecule has 0 radical (unpaired) electrons. The van der Waals surface area contributed by atoms with E-state index < -0.39 is 12.0 Å². The molecule has 1 aromatic rings. The van der Waals surface area contributed by atoms with Crippen molar-refractivity contribution < 1.29 is 23.9 Å². The number of likely N-dealkylation sites (tertiary alicyclic amines) is 1. The van der Waals surface area contributed by atoms with Gasteiger partial charge in [-0.05, 0) is 25.0 Å². The van der Waals surface area contributed by atoms with Gasteiger partial charge in [0.2, 0.25) is 11.7 Å². The number of rotatable bonds is 5. The predicted octanol–water partition coefficient (Wildman–Crippen LogP) is 0.399. The SMILES string of the molecule is O=C(NCC(=O)N1CCCC1)NCc1ccc(C(=O)O)o1. The molecule has 1 fully saturated rings. The Morgan fingerprint density at radius 1 is 1.19 bits per heavy atom. The van der Waals surface area contributed by atoms with Crippen molar-refractivity contribution in [3.63, 3.8) is 0 Å². The van der Waals surface area contributed by atoms with Crippen molar-refractivity contribution in [3.05, 3.63) is 23.7 Å². The van der Waals surface area contributed by atoms with Crippen LogP contribution in [-0.4, -0.2) is 47.5 Å². The lowest BCUT2D eigenvalue weighted by Crippen LogP contribution is -2.42. The number of carbonyl (C=O) groups excluding carboxylic acids is 2. The van der Waals surface area contributed by atoms with Gasteiger partial charge in [-0.1, -0.05) is 0 Å². The molecule has 3 N–H and O–H groups in total. The van der Waals surface area contributed by atoms with Gasteiger partial charge in [-0.15, -0.1) is 0 Å². The Morgan fingerprint density at radius 2 is 1.90 bits per heavy atom. The molecule has 0 saturated carbocycles. The zero-order valence-corrected chi connectivity index (χ0v) is 11.4. The highest BCUT2D eigenvalue weighted by atomic mass is 16.4. The van der Waals surface area contributed by atoms with E-state index in [9.17, 15) is 14.4 Å². The number of urea groups is 1. The van der Waals surface area contributed by atoms with Crippen molar-refractivity contribution in [3.8, 4) is 0 Å². The number of nitrogens with zero attached hydrogens (tertiary/aromatic N) is 1. The Labute approximate surface area is 121 Å². The average Bonchev–Trinajstić information content (AvgIpc) is 3.13. The van der Waals surface area contributed by atoms with Gasteiger partial charge in [0.25, 0.3) is 0 Å². The molecule has 0 atom stereocenters. The smallest absolute Gasteiger partial charge is 0.371 e. The lowest BCUT2D eigenvalue weighted by atomic mass is 10.4. The van der Waals surface area contributed by atoms with Crippen molar-refractivity contribution >= 4 is 17.9 Å². The van der Waals surface area contributed by atoms with Crippen LogP contribution in [0.15, 0.2) is 16.5 Å². The maximum Gasteiger partial charge on any atom is 0.371 e. The number of furan rings is 1. The first-order valence-corrected chi connectivity index (χ1v) is 6.68. The minimum absolute atomic E-state index is 0.0512. The summed E-state index contributed by atoms with van der Waals surface area (Å²) in [5, 5.41) is 13.6. The van der Waals surface area contributed by atoms with Gasteiger partial charge in [0, 0.05) is 13.1 Å². The number of hydrogen-bond donors (Lipinski definition) is 3. The average molecular weight is 295 g/mol. The number of nitrogens with one attached hydrogen (secondary N) is 2. The summed E-state index contributed by atoms with van der Waals surface area (Å²) < 4.78 is 4.99. The van der Waals surface area contributed by atoms with Gasteiger partial charge < -0.3 is 25.1 Å². The third kappa shape index (κ3) is 4.23. The van der Waals surface area contributed by atoms with Crippen LogP contribution >= 0.6 is 0 Å². The molecule has 0 bridgehead atoms. The van der Waals surface area contributed by atoms with Crippen LogP contribution < -0.4 is 10.6 Å². The maximum atomic E-state index is 11.7. The molecule has 2 rings (SSSR count). The van der Waals surface area contributed by atoms with Crippen LogP contribution in [0, 0.1) is 0 Å². The van der Waals surface area contributed by atoms with Crippen LogP contribution in [0.4, 0.5) is 4.79 Å². The normalized spacial score (nSPS) is 14.0. The molecule has 3 amide bonds. The van der Waals surface area contributed by atoms with Crippen LogP contribution in [0.3, 0.4) is 0 Å². The van der Waals surface area contributed by atoms with E-state index in [2.05, 4.69) is 10.6 Å². The van der Waals surface area contributed by atoms with E-state index in [0.717, 1.165) is 25.9 Å². The summed E-state index contributed by atoms with van der Waals surface area (Å²) in [5.74, 6) is -1.12. The second-order valence-electron chi connectivity index (χ2n) is 4.70. The lowest BCUT2D eigenvalue weighted by molar-refractivity contribution is -0.128. The van der Waals surface area contributed by atoms with E-state index >= 15 is 0 Å². The highest BCUT2D eigenvalue weighted by Crippen LogP contribution is 2.07. The van der Waals surface area contributed by atoms with Crippen LogP contribution in [0.1, 0.15) is 29.2 Å². The first-order chi connectivity index (χ1) is 10.1. The lowest BCUT2D eigenvalue weighted by Gasteiger charge is -2.15. The van der Waals surface area contributed by atoms with Crippen molar-refractivity contribution in [2.75, 3.05) is 19.6 Å². The molecular weight excluding hydrogens is 278 g/mol. The largest absolute Gasteiger partial charge is 0.475 e. The Bertz CT molecular complexity index is 534. The zero-order valence-electron chi connectivity index (χ0n) is 11.4. The molecule has 0 aliphatic carbocycles. The molecule has 0 spiro atoms. The summed E-state index contributed by atoms with van der Waals surface area (Å²) in [6.07, 6.45) is 2.00. The Hall–Kier alpha value is -2.51. The summed E-state index contributed by atoms with van der Waals surface area (Å²) in [5.41, 5.74) is 0. The monoisotopic (exact) mass is 295 g/mol. The van der Waals surface area contributed by atoms with Gasteiger partial charge in [0.1, 0.15) is 5.76 Å². The molecule has 1 aliphatic rings. The topological polar surface area (TPSA) is 112 Å². The zero-order chi connectivity index (χ0) is 15.2. The molecule has 1 aliphatic heterocycles. The third-order valence-electron chi connectivity index (χ3n) is 3.15. The molecule has 1 saturated heterocycles. The van der Waals surface area contributed by atoms with E-state index in [-0.39, 0.29) is 24.8 Å². The van der Waals surface area contributed by atoms with E-state index in [1.807, 2.05) is 0 Å². The van der Waals surface area contributed by atoms with Gasteiger partial charge in [-0.25, -0.2) is 9.59 Å². The summed E-state index contributed by atoms with van der Waals surface area (Å²) in [6, 6.07) is 2.28. The molecule has 0 unspecified atom stereocenters. The number of carboxylic acid groups (broad SMARTS) is 1. The van der Waals surface area contributed by atoms with E-state index in [4.69, 9.17) is 9.52 Å². The minimum Gasteiger partial charge on any atom is -0.475 e. The van der Waals surface area contributed by atoms with Gasteiger partial charge in [-0.2, -0.15) is 0 Å². The Kier molecular flexibility index (Phi) is 4.81. The van der Waals surface area contributed by atoms with E-state index in [1.54, 1.807) is 4.90 Å². The molecule has 114 valence electrons. The standard InChI is InChI=1S/C13H17N3O5/c17-11(16-5-1-2-6-16)8-15-13(20)14-7-9-3-4-10(21-9)12(18)19/h3-4H,1-2,5-8H2,(H,18,19)(H2,14,15,20). The Balaban J connectivity index is 1.69. The van der Waals surface area contributed by atoms with Crippen molar-refractivity contribution in [2.45, 2.75) is 19.4 Å². The first kappa shape index (κ1) is 14.9. The quantitative estimate of drug-likeness (QED) is 0.728. The summed E-state index contributed by atoms with van der Waals surface area (Å²) in [4.78, 5) is 35.6. The molecular formula is C13H17N3O5. The first-order valence-electron chi connectivity index (χ1n) is 6.68. The number of aromatic carboxylic acids is 1. The molecule has 8 nitrogen and oxygen atoms in total. The van der Waals surface area contributed by atoms with Gasteiger partial charge in [0.05, 0.1) is 13.1 Å². The minimum atomic E-state index is -1.16. The number of amides is 3. The molecule has 21 heavy (non-hydrogen) atoms. The summed E-state index contributed by atoms with van der Waals surface area (Å²) >= 11 is 0. The predicted molar refractivity (Wildman–Crippen MR) is 71.7 cm³/mol. The van der Waals surface area contributed by atoms with Crippen LogP contribution in [0.5, 0.6) is 0 Å². The molecule has 8 heteroatoms. The van der Waals surface area contributed by atoms with E-state index in [0.29, 0.717) is 5.76 Å². The van der Waals surface area contributed by atoms with Crippen molar-refractivity contribution in [1.29, 1.82) is 0 Å².